The second kappa shape index (κ2) is 4.68. The molecule has 1 unspecified atom stereocenters. The fraction of sp³-hybridized carbons (Fsp3) is 0.778. The molecule has 1 aliphatic rings. The standard InChI is InChI=1S/C9H14F3NO/c1-2-13-7(6-9(10,11)12)8-4-3-5-14-8/h4,7,13H,2-3,5-6H2,1H3. The van der Waals surface area contributed by atoms with Gasteiger partial charge in [0.15, 0.2) is 0 Å². The minimum atomic E-state index is -4.15. The van der Waals surface area contributed by atoms with Gasteiger partial charge in [-0.25, -0.2) is 0 Å². The first kappa shape index (κ1) is 11.4. The second-order valence-electron chi connectivity index (χ2n) is 3.17. The Bertz CT molecular complexity index is 213. The Hall–Kier alpha value is -0.710. The van der Waals surface area contributed by atoms with Crippen LogP contribution in [0.5, 0.6) is 0 Å². The zero-order valence-corrected chi connectivity index (χ0v) is 8.03. The molecule has 0 bridgehead atoms. The molecule has 82 valence electrons. The normalized spacial score (nSPS) is 19.0. The van der Waals surface area contributed by atoms with Gasteiger partial charge < -0.3 is 10.1 Å². The van der Waals surface area contributed by atoms with Gasteiger partial charge in [-0.3, -0.25) is 0 Å². The lowest BCUT2D eigenvalue weighted by molar-refractivity contribution is -0.139. The Kier molecular flexibility index (Phi) is 3.80. The van der Waals surface area contributed by atoms with Crippen molar-refractivity contribution in [2.24, 2.45) is 0 Å². The van der Waals surface area contributed by atoms with Crippen LogP contribution in [0.4, 0.5) is 13.2 Å². The van der Waals surface area contributed by atoms with Crippen molar-refractivity contribution in [2.75, 3.05) is 13.2 Å². The topological polar surface area (TPSA) is 21.3 Å². The predicted molar refractivity (Wildman–Crippen MR) is 46.8 cm³/mol. The molecule has 1 N–H and O–H groups in total. The number of alkyl halides is 3. The summed E-state index contributed by atoms with van der Waals surface area (Å²) >= 11 is 0. The molecule has 0 saturated heterocycles. The number of rotatable bonds is 4. The summed E-state index contributed by atoms with van der Waals surface area (Å²) in [5, 5.41) is 2.77. The van der Waals surface area contributed by atoms with E-state index in [0.29, 0.717) is 25.3 Å². The summed E-state index contributed by atoms with van der Waals surface area (Å²) < 4.78 is 41.6. The Morgan fingerprint density at radius 1 is 1.57 bits per heavy atom. The van der Waals surface area contributed by atoms with E-state index in [2.05, 4.69) is 5.32 Å². The summed E-state index contributed by atoms with van der Waals surface area (Å²) in [6.07, 6.45) is -2.60. The molecule has 0 radical (unpaired) electrons. The van der Waals surface area contributed by atoms with Gasteiger partial charge >= 0.3 is 6.18 Å². The van der Waals surface area contributed by atoms with Crippen LogP contribution in [-0.4, -0.2) is 25.4 Å². The van der Waals surface area contributed by atoms with E-state index in [-0.39, 0.29) is 0 Å². The molecule has 0 aliphatic carbocycles. The van der Waals surface area contributed by atoms with Crippen molar-refractivity contribution in [2.45, 2.75) is 32.0 Å². The largest absolute Gasteiger partial charge is 0.496 e. The van der Waals surface area contributed by atoms with Crippen molar-refractivity contribution in [3.05, 3.63) is 11.8 Å². The number of hydrogen-bond donors (Lipinski definition) is 1. The zero-order valence-electron chi connectivity index (χ0n) is 8.03. The molecule has 0 saturated carbocycles. The van der Waals surface area contributed by atoms with Gasteiger partial charge in [-0.2, -0.15) is 13.2 Å². The van der Waals surface area contributed by atoms with E-state index in [9.17, 15) is 13.2 Å². The molecule has 0 aromatic heterocycles. The van der Waals surface area contributed by atoms with E-state index in [1.165, 1.54) is 0 Å². The predicted octanol–water partition coefficient (Wildman–Crippen LogP) is 2.22. The first-order chi connectivity index (χ1) is 6.53. The summed E-state index contributed by atoms with van der Waals surface area (Å²) in [6.45, 7) is 2.77. The van der Waals surface area contributed by atoms with E-state index in [0.717, 1.165) is 0 Å². The van der Waals surface area contributed by atoms with Crippen LogP contribution in [0.3, 0.4) is 0 Å². The third-order valence-electron chi connectivity index (χ3n) is 1.96. The summed E-state index contributed by atoms with van der Waals surface area (Å²) in [6, 6.07) is -0.720. The molecule has 14 heavy (non-hydrogen) atoms. The highest BCUT2D eigenvalue weighted by atomic mass is 19.4. The van der Waals surface area contributed by atoms with Crippen LogP contribution in [0, 0.1) is 0 Å². The number of nitrogens with one attached hydrogen (secondary N) is 1. The number of hydrogen-bond acceptors (Lipinski definition) is 2. The maximum atomic E-state index is 12.2. The van der Waals surface area contributed by atoms with Gasteiger partial charge in [-0.05, 0) is 12.6 Å². The highest BCUT2D eigenvalue weighted by Gasteiger charge is 2.34. The summed E-state index contributed by atoms with van der Waals surface area (Å²) in [5.41, 5.74) is 0. The van der Waals surface area contributed by atoms with Crippen molar-refractivity contribution in [1.82, 2.24) is 5.32 Å². The third kappa shape index (κ3) is 3.57. The van der Waals surface area contributed by atoms with Gasteiger partial charge in [-0.1, -0.05) is 6.92 Å². The van der Waals surface area contributed by atoms with Gasteiger partial charge in [0.05, 0.1) is 19.1 Å². The first-order valence-corrected chi connectivity index (χ1v) is 4.66. The minimum absolute atomic E-state index is 0.434. The molecule has 2 nitrogen and oxygen atoms in total. The minimum Gasteiger partial charge on any atom is -0.496 e. The fourth-order valence-electron chi connectivity index (χ4n) is 1.43. The van der Waals surface area contributed by atoms with E-state index in [1.807, 2.05) is 0 Å². The van der Waals surface area contributed by atoms with Crippen LogP contribution in [0.15, 0.2) is 11.8 Å². The molecule has 1 aliphatic heterocycles. The van der Waals surface area contributed by atoms with Crippen LogP contribution in [0.25, 0.3) is 0 Å². The lowest BCUT2D eigenvalue weighted by Gasteiger charge is -2.20. The molecule has 5 heteroatoms. The average Bonchev–Trinajstić information content (AvgIpc) is 2.52. The SMILES string of the molecule is CCNC(CC(F)(F)F)C1=CCCO1. The van der Waals surface area contributed by atoms with Crippen molar-refractivity contribution in [3.8, 4) is 0 Å². The van der Waals surface area contributed by atoms with Gasteiger partial charge in [0.2, 0.25) is 0 Å². The van der Waals surface area contributed by atoms with Crippen molar-refractivity contribution in [3.63, 3.8) is 0 Å². The Morgan fingerprint density at radius 3 is 2.71 bits per heavy atom. The molecule has 0 spiro atoms. The average molecular weight is 209 g/mol. The van der Waals surface area contributed by atoms with Gasteiger partial charge in [0.25, 0.3) is 0 Å². The lowest BCUT2D eigenvalue weighted by atomic mass is 10.1. The smallest absolute Gasteiger partial charge is 0.391 e. The summed E-state index contributed by atoms with van der Waals surface area (Å²) in [5.74, 6) is 0.434. The van der Waals surface area contributed by atoms with E-state index in [4.69, 9.17) is 4.74 Å². The molecule has 0 aromatic rings. The monoisotopic (exact) mass is 209 g/mol. The van der Waals surface area contributed by atoms with Crippen LogP contribution in [-0.2, 0) is 4.74 Å². The molecular formula is C9H14F3NO. The molecule has 0 fully saturated rings. The van der Waals surface area contributed by atoms with Crippen molar-refractivity contribution < 1.29 is 17.9 Å². The number of likely N-dealkylation sites (N-methyl/N-ethyl adjacent to an activating group) is 1. The molecular weight excluding hydrogens is 195 g/mol. The Balaban J connectivity index is 2.54. The number of halogens is 3. The first-order valence-electron chi connectivity index (χ1n) is 4.66. The summed E-state index contributed by atoms with van der Waals surface area (Å²) in [7, 11) is 0. The van der Waals surface area contributed by atoms with Crippen LogP contribution in [0.2, 0.25) is 0 Å². The fourth-order valence-corrected chi connectivity index (χ4v) is 1.43. The maximum absolute atomic E-state index is 12.2. The third-order valence-corrected chi connectivity index (χ3v) is 1.96. The van der Waals surface area contributed by atoms with Gasteiger partial charge in [-0.15, -0.1) is 0 Å². The number of ether oxygens (including phenoxy) is 1. The van der Waals surface area contributed by atoms with Crippen LogP contribution >= 0.6 is 0 Å². The lowest BCUT2D eigenvalue weighted by Crippen LogP contribution is -2.35. The zero-order chi connectivity index (χ0) is 10.6. The highest BCUT2D eigenvalue weighted by Crippen LogP contribution is 2.26. The molecule has 0 aromatic carbocycles. The highest BCUT2D eigenvalue weighted by molar-refractivity contribution is 5.07. The molecule has 1 rings (SSSR count). The molecule has 1 heterocycles. The van der Waals surface area contributed by atoms with Crippen molar-refractivity contribution in [1.29, 1.82) is 0 Å². The summed E-state index contributed by atoms with van der Waals surface area (Å²) in [4.78, 5) is 0. The quantitative estimate of drug-likeness (QED) is 0.766. The maximum Gasteiger partial charge on any atom is 0.391 e. The molecule has 0 amide bonds. The van der Waals surface area contributed by atoms with Crippen LogP contribution in [0.1, 0.15) is 19.8 Å². The Labute approximate surface area is 81.1 Å². The van der Waals surface area contributed by atoms with Crippen LogP contribution < -0.4 is 5.32 Å². The second-order valence-corrected chi connectivity index (χ2v) is 3.17. The van der Waals surface area contributed by atoms with Crippen molar-refractivity contribution >= 4 is 0 Å². The van der Waals surface area contributed by atoms with Gasteiger partial charge in [0, 0.05) is 6.42 Å². The van der Waals surface area contributed by atoms with E-state index < -0.39 is 18.6 Å². The van der Waals surface area contributed by atoms with E-state index in [1.54, 1.807) is 13.0 Å². The van der Waals surface area contributed by atoms with Gasteiger partial charge in [0.1, 0.15) is 5.76 Å². The molecule has 1 atom stereocenters. The van der Waals surface area contributed by atoms with E-state index >= 15 is 0 Å². The Morgan fingerprint density at radius 2 is 2.29 bits per heavy atom.